The zero-order valence-electron chi connectivity index (χ0n) is 11.8. The van der Waals surface area contributed by atoms with E-state index in [-0.39, 0.29) is 17.2 Å². The first-order chi connectivity index (χ1) is 8.80. The molecule has 1 aromatic rings. The number of nitrogens with one attached hydrogen (secondary N) is 1. The lowest BCUT2D eigenvalue weighted by Gasteiger charge is -2.42. The lowest BCUT2D eigenvalue weighted by atomic mass is 9.84. The number of carbonyl (C=O) groups excluding carboxylic acids is 2. The van der Waals surface area contributed by atoms with Crippen LogP contribution in [0.4, 0.5) is 0 Å². The van der Waals surface area contributed by atoms with Gasteiger partial charge in [0.25, 0.3) is 0 Å². The third kappa shape index (κ3) is 2.81. The quantitative estimate of drug-likeness (QED) is 0.901. The Labute approximate surface area is 117 Å². The second-order valence-electron chi connectivity index (χ2n) is 6.08. The van der Waals surface area contributed by atoms with Crippen LogP contribution in [0.3, 0.4) is 0 Å². The van der Waals surface area contributed by atoms with Crippen molar-refractivity contribution in [1.82, 2.24) is 10.2 Å². The number of hydrogen-bond donors (Lipinski definition) is 1. The zero-order chi connectivity index (χ0) is 14.2. The van der Waals surface area contributed by atoms with Gasteiger partial charge >= 0.3 is 0 Å². The first kappa shape index (κ1) is 14.1. The van der Waals surface area contributed by atoms with Crippen molar-refractivity contribution in [2.75, 3.05) is 0 Å². The molecule has 1 aliphatic rings. The van der Waals surface area contributed by atoms with Crippen LogP contribution in [0.15, 0.2) is 16.8 Å². The van der Waals surface area contributed by atoms with Gasteiger partial charge in [0.15, 0.2) is 0 Å². The van der Waals surface area contributed by atoms with Gasteiger partial charge in [-0.3, -0.25) is 9.59 Å². The van der Waals surface area contributed by atoms with Crippen LogP contribution in [0.5, 0.6) is 0 Å². The molecule has 1 aromatic heterocycles. The molecule has 1 saturated heterocycles. The molecule has 104 valence electrons. The summed E-state index contributed by atoms with van der Waals surface area (Å²) in [6.45, 7) is 8.18. The number of hydrogen-bond acceptors (Lipinski definition) is 3. The molecule has 1 N–H and O–H groups in total. The van der Waals surface area contributed by atoms with E-state index in [9.17, 15) is 9.59 Å². The first-order valence-electron chi connectivity index (χ1n) is 6.42. The summed E-state index contributed by atoms with van der Waals surface area (Å²) in [5.74, 6) is -0.0689. The van der Waals surface area contributed by atoms with Crippen LogP contribution in [0, 0.1) is 5.41 Å². The number of carbonyl (C=O) groups is 2. The molecule has 19 heavy (non-hydrogen) atoms. The smallest absolute Gasteiger partial charge is 0.246 e. The van der Waals surface area contributed by atoms with Crippen molar-refractivity contribution < 1.29 is 9.59 Å². The predicted molar refractivity (Wildman–Crippen MR) is 75.7 cm³/mol. The summed E-state index contributed by atoms with van der Waals surface area (Å²) in [5.41, 5.74) is 0.798. The van der Waals surface area contributed by atoms with Crippen LogP contribution in [-0.4, -0.2) is 28.8 Å². The summed E-state index contributed by atoms with van der Waals surface area (Å²) in [4.78, 5) is 26.3. The second-order valence-corrected chi connectivity index (χ2v) is 6.86. The van der Waals surface area contributed by atoms with Crippen LogP contribution in [0.25, 0.3) is 0 Å². The summed E-state index contributed by atoms with van der Waals surface area (Å²) >= 11 is 1.60. The molecule has 2 atom stereocenters. The van der Waals surface area contributed by atoms with Gasteiger partial charge in [0.1, 0.15) is 12.1 Å². The van der Waals surface area contributed by atoms with Crippen molar-refractivity contribution in [2.45, 2.75) is 46.3 Å². The molecule has 5 heteroatoms. The molecular formula is C14H20N2O2S. The van der Waals surface area contributed by atoms with Gasteiger partial charge in [-0.25, -0.2) is 0 Å². The van der Waals surface area contributed by atoms with Gasteiger partial charge in [0.05, 0.1) is 0 Å². The third-order valence-corrected chi connectivity index (χ3v) is 4.19. The van der Waals surface area contributed by atoms with E-state index in [1.165, 1.54) is 0 Å². The number of amides is 2. The fourth-order valence-electron chi connectivity index (χ4n) is 2.20. The van der Waals surface area contributed by atoms with Crippen LogP contribution in [0.2, 0.25) is 0 Å². The molecule has 0 aliphatic carbocycles. The minimum Gasteiger partial charge on any atom is -0.342 e. The first-order valence-corrected chi connectivity index (χ1v) is 7.37. The van der Waals surface area contributed by atoms with E-state index in [1.807, 2.05) is 37.6 Å². The highest BCUT2D eigenvalue weighted by molar-refractivity contribution is 7.07. The van der Waals surface area contributed by atoms with Gasteiger partial charge in [-0.2, -0.15) is 11.3 Å². The van der Waals surface area contributed by atoms with E-state index in [1.54, 1.807) is 23.2 Å². The normalized spacial score (nSPS) is 24.5. The molecular weight excluding hydrogens is 260 g/mol. The van der Waals surface area contributed by atoms with E-state index in [0.717, 1.165) is 5.56 Å². The number of piperazine rings is 1. The van der Waals surface area contributed by atoms with Crippen molar-refractivity contribution >= 4 is 23.2 Å². The van der Waals surface area contributed by atoms with E-state index in [2.05, 4.69) is 5.32 Å². The third-order valence-electron chi connectivity index (χ3n) is 3.46. The molecule has 1 aliphatic heterocycles. The van der Waals surface area contributed by atoms with Gasteiger partial charge in [-0.05, 0) is 34.7 Å². The summed E-state index contributed by atoms with van der Waals surface area (Å²) in [5, 5.41) is 6.83. The van der Waals surface area contributed by atoms with Crippen LogP contribution in [-0.2, 0) is 16.1 Å². The largest absolute Gasteiger partial charge is 0.342 e. The van der Waals surface area contributed by atoms with Crippen LogP contribution in [0.1, 0.15) is 33.3 Å². The minimum atomic E-state index is -0.449. The molecule has 0 spiro atoms. The fourth-order valence-corrected chi connectivity index (χ4v) is 2.86. The van der Waals surface area contributed by atoms with Crippen LogP contribution < -0.4 is 5.32 Å². The van der Waals surface area contributed by atoms with E-state index in [4.69, 9.17) is 0 Å². The molecule has 0 aromatic carbocycles. The van der Waals surface area contributed by atoms with E-state index < -0.39 is 12.1 Å². The molecule has 0 bridgehead atoms. The maximum atomic E-state index is 12.6. The van der Waals surface area contributed by atoms with Crippen molar-refractivity contribution in [3.8, 4) is 0 Å². The molecule has 2 amide bonds. The maximum absolute atomic E-state index is 12.6. The highest BCUT2D eigenvalue weighted by Crippen LogP contribution is 2.26. The summed E-state index contributed by atoms with van der Waals surface area (Å²) in [7, 11) is 0. The minimum absolute atomic E-state index is 0.00537. The van der Waals surface area contributed by atoms with Crippen molar-refractivity contribution in [3.05, 3.63) is 22.4 Å². The summed E-state index contributed by atoms with van der Waals surface area (Å²) in [6.07, 6.45) is 0. The van der Waals surface area contributed by atoms with E-state index in [0.29, 0.717) is 6.54 Å². The van der Waals surface area contributed by atoms with E-state index >= 15 is 0 Å². The van der Waals surface area contributed by atoms with Crippen LogP contribution >= 0.6 is 11.3 Å². The Morgan fingerprint density at radius 2 is 2.05 bits per heavy atom. The van der Waals surface area contributed by atoms with Crippen molar-refractivity contribution in [3.63, 3.8) is 0 Å². The summed E-state index contributed by atoms with van der Waals surface area (Å²) in [6, 6.07) is 1.13. The average molecular weight is 280 g/mol. The Bertz CT molecular complexity index is 476. The lowest BCUT2D eigenvalue weighted by Crippen LogP contribution is -2.65. The number of rotatable bonds is 2. The Balaban J connectivity index is 2.24. The summed E-state index contributed by atoms with van der Waals surface area (Å²) < 4.78 is 0. The molecule has 2 unspecified atom stereocenters. The lowest BCUT2D eigenvalue weighted by molar-refractivity contribution is -0.152. The highest BCUT2D eigenvalue weighted by atomic mass is 32.1. The number of nitrogens with zero attached hydrogens (tertiary/aromatic N) is 1. The SMILES string of the molecule is CC1C(=O)NC(C(C)(C)C)C(=O)N1Cc1ccsc1. The van der Waals surface area contributed by atoms with Gasteiger partial charge in [-0.1, -0.05) is 20.8 Å². The maximum Gasteiger partial charge on any atom is 0.246 e. The molecule has 2 heterocycles. The Morgan fingerprint density at radius 1 is 1.37 bits per heavy atom. The molecule has 1 fully saturated rings. The predicted octanol–water partition coefficient (Wildman–Crippen LogP) is 2.01. The molecule has 0 saturated carbocycles. The van der Waals surface area contributed by atoms with Gasteiger partial charge in [0, 0.05) is 6.54 Å². The van der Waals surface area contributed by atoms with Gasteiger partial charge in [-0.15, -0.1) is 0 Å². The Kier molecular flexibility index (Phi) is 3.67. The average Bonchev–Trinajstić information content (AvgIpc) is 2.80. The monoisotopic (exact) mass is 280 g/mol. The number of thiophene rings is 1. The van der Waals surface area contributed by atoms with Gasteiger partial charge in [0.2, 0.25) is 11.8 Å². The molecule has 4 nitrogen and oxygen atoms in total. The Hall–Kier alpha value is -1.36. The standard InChI is InChI=1S/C14H20N2O2S/c1-9-12(17)15-11(14(2,3)4)13(18)16(9)7-10-5-6-19-8-10/h5-6,8-9,11H,7H2,1-4H3,(H,15,17). The zero-order valence-corrected chi connectivity index (χ0v) is 12.6. The van der Waals surface area contributed by atoms with Gasteiger partial charge < -0.3 is 10.2 Å². The Morgan fingerprint density at radius 3 is 2.58 bits per heavy atom. The highest BCUT2D eigenvalue weighted by Gasteiger charge is 2.43. The topological polar surface area (TPSA) is 49.4 Å². The van der Waals surface area contributed by atoms with Crippen molar-refractivity contribution in [2.24, 2.45) is 5.41 Å². The molecule has 0 radical (unpaired) electrons. The van der Waals surface area contributed by atoms with Crippen molar-refractivity contribution in [1.29, 1.82) is 0 Å². The molecule has 2 rings (SSSR count). The fraction of sp³-hybridized carbons (Fsp3) is 0.571. The second kappa shape index (κ2) is 4.96.